The Kier molecular flexibility index (Phi) is 3.99. The van der Waals surface area contributed by atoms with Crippen LogP contribution in [0.3, 0.4) is 0 Å². The molecule has 0 saturated carbocycles. The Hall–Kier alpha value is -1.97. The van der Waals surface area contributed by atoms with Gasteiger partial charge in [0, 0.05) is 0 Å². The standard InChI is InChI=1S/C11H9ClN2O6S/c12-8-2-1-6(3-7(8)11(17)18)21(19,20)14-4-9(15)13-10(16)5-14/h1-3H,4-5H2,(H,17,18)(H,13,15,16). The third kappa shape index (κ3) is 3.04. The molecule has 2 N–H and O–H groups in total. The summed E-state index contributed by atoms with van der Waals surface area (Å²) in [5.74, 6) is -2.88. The van der Waals surface area contributed by atoms with E-state index in [1.165, 1.54) is 0 Å². The first-order valence-corrected chi connectivity index (χ1v) is 7.39. The third-order valence-electron chi connectivity index (χ3n) is 2.72. The Morgan fingerprint density at radius 2 is 1.81 bits per heavy atom. The fraction of sp³-hybridized carbons (Fsp3) is 0.182. The number of piperazine rings is 1. The highest BCUT2D eigenvalue weighted by atomic mass is 35.5. The molecule has 0 spiro atoms. The maximum Gasteiger partial charge on any atom is 0.337 e. The van der Waals surface area contributed by atoms with Gasteiger partial charge < -0.3 is 5.11 Å². The van der Waals surface area contributed by atoms with E-state index in [2.05, 4.69) is 0 Å². The van der Waals surface area contributed by atoms with E-state index in [1.54, 1.807) is 0 Å². The Bertz CT molecular complexity index is 729. The number of rotatable bonds is 3. The zero-order valence-electron chi connectivity index (χ0n) is 10.4. The summed E-state index contributed by atoms with van der Waals surface area (Å²) in [6, 6.07) is 3.13. The molecule has 2 amide bonds. The van der Waals surface area contributed by atoms with Crippen LogP contribution in [0, 0.1) is 0 Å². The highest BCUT2D eigenvalue weighted by molar-refractivity contribution is 7.89. The van der Waals surface area contributed by atoms with E-state index in [0.717, 1.165) is 18.2 Å². The van der Waals surface area contributed by atoms with Crippen molar-refractivity contribution in [2.75, 3.05) is 13.1 Å². The van der Waals surface area contributed by atoms with E-state index in [9.17, 15) is 22.8 Å². The predicted molar refractivity (Wildman–Crippen MR) is 70.3 cm³/mol. The van der Waals surface area contributed by atoms with Crippen LogP contribution in [0.25, 0.3) is 0 Å². The van der Waals surface area contributed by atoms with E-state index < -0.39 is 40.9 Å². The molecule has 112 valence electrons. The van der Waals surface area contributed by atoms with Gasteiger partial charge in [-0.3, -0.25) is 14.9 Å². The quantitative estimate of drug-likeness (QED) is 0.732. The van der Waals surface area contributed by atoms with Crippen molar-refractivity contribution in [3.8, 4) is 0 Å². The zero-order chi connectivity index (χ0) is 15.8. The molecule has 1 aromatic carbocycles. The Morgan fingerprint density at radius 1 is 1.24 bits per heavy atom. The number of sulfonamides is 1. The fourth-order valence-electron chi connectivity index (χ4n) is 1.76. The molecule has 10 heteroatoms. The molecule has 0 radical (unpaired) electrons. The summed E-state index contributed by atoms with van der Waals surface area (Å²) in [6.07, 6.45) is 0. The Morgan fingerprint density at radius 3 is 2.33 bits per heavy atom. The second-order valence-electron chi connectivity index (χ2n) is 4.19. The molecule has 2 rings (SSSR count). The van der Waals surface area contributed by atoms with Crippen molar-refractivity contribution in [2.45, 2.75) is 4.90 Å². The number of hydrogen-bond donors (Lipinski definition) is 2. The number of carboxylic acids is 1. The first-order chi connectivity index (χ1) is 9.71. The highest BCUT2D eigenvalue weighted by Crippen LogP contribution is 2.23. The third-order valence-corrected chi connectivity index (χ3v) is 4.84. The van der Waals surface area contributed by atoms with Gasteiger partial charge in [0.1, 0.15) is 0 Å². The van der Waals surface area contributed by atoms with Crippen LogP contribution < -0.4 is 5.32 Å². The van der Waals surface area contributed by atoms with Crippen LogP contribution in [0.2, 0.25) is 5.02 Å². The molecule has 1 aromatic rings. The van der Waals surface area contributed by atoms with Crippen LogP contribution in [0.15, 0.2) is 23.1 Å². The molecule has 21 heavy (non-hydrogen) atoms. The number of nitrogens with zero attached hydrogens (tertiary/aromatic N) is 1. The first-order valence-electron chi connectivity index (χ1n) is 5.57. The molecule has 1 fully saturated rings. The second kappa shape index (κ2) is 5.43. The van der Waals surface area contributed by atoms with Crippen molar-refractivity contribution in [2.24, 2.45) is 0 Å². The van der Waals surface area contributed by atoms with Gasteiger partial charge in [0.15, 0.2) is 0 Å². The van der Waals surface area contributed by atoms with E-state index in [4.69, 9.17) is 16.7 Å². The summed E-state index contributed by atoms with van der Waals surface area (Å²) >= 11 is 5.67. The van der Waals surface area contributed by atoms with Gasteiger partial charge in [-0.1, -0.05) is 11.6 Å². The Labute approximate surface area is 124 Å². The minimum absolute atomic E-state index is 0.117. The van der Waals surface area contributed by atoms with Gasteiger partial charge in [-0.2, -0.15) is 4.31 Å². The molecule has 0 atom stereocenters. The van der Waals surface area contributed by atoms with Gasteiger partial charge in [-0.15, -0.1) is 0 Å². The lowest BCUT2D eigenvalue weighted by Crippen LogP contribution is -2.53. The van der Waals surface area contributed by atoms with Crippen LogP contribution >= 0.6 is 11.6 Å². The molecule has 0 aromatic heterocycles. The molecule has 0 bridgehead atoms. The average Bonchev–Trinajstić information content (AvgIpc) is 2.37. The van der Waals surface area contributed by atoms with Crippen molar-refractivity contribution in [1.82, 2.24) is 9.62 Å². The summed E-state index contributed by atoms with van der Waals surface area (Å²) in [5.41, 5.74) is -0.384. The van der Waals surface area contributed by atoms with Crippen LogP contribution in [-0.2, 0) is 19.6 Å². The average molecular weight is 333 g/mol. The topological polar surface area (TPSA) is 121 Å². The van der Waals surface area contributed by atoms with Gasteiger partial charge in [-0.05, 0) is 18.2 Å². The van der Waals surface area contributed by atoms with Crippen LogP contribution in [0.4, 0.5) is 0 Å². The number of carbonyl (C=O) groups is 3. The molecule has 1 aliphatic rings. The van der Waals surface area contributed by atoms with Crippen molar-refractivity contribution in [1.29, 1.82) is 0 Å². The summed E-state index contributed by atoms with van der Waals surface area (Å²) in [6.45, 7) is -1.03. The van der Waals surface area contributed by atoms with Gasteiger partial charge in [0.2, 0.25) is 21.8 Å². The molecule has 8 nitrogen and oxygen atoms in total. The number of benzene rings is 1. The van der Waals surface area contributed by atoms with Crippen molar-refractivity contribution < 1.29 is 27.9 Å². The fourth-order valence-corrected chi connectivity index (χ4v) is 3.34. The van der Waals surface area contributed by atoms with Crippen LogP contribution in [0.5, 0.6) is 0 Å². The Balaban J connectivity index is 2.44. The molecule has 0 unspecified atom stereocenters. The maximum atomic E-state index is 12.3. The molecule has 1 heterocycles. The van der Waals surface area contributed by atoms with E-state index in [0.29, 0.717) is 4.31 Å². The van der Waals surface area contributed by atoms with Crippen LogP contribution in [-0.4, -0.2) is 48.7 Å². The molecule has 1 aliphatic heterocycles. The molecule has 0 aliphatic carbocycles. The number of imide groups is 1. The summed E-state index contributed by atoms with van der Waals surface area (Å²) < 4.78 is 25.3. The minimum atomic E-state index is -4.17. The monoisotopic (exact) mass is 332 g/mol. The highest BCUT2D eigenvalue weighted by Gasteiger charge is 2.33. The zero-order valence-corrected chi connectivity index (χ0v) is 11.9. The lowest BCUT2D eigenvalue weighted by Gasteiger charge is -2.24. The van der Waals surface area contributed by atoms with Gasteiger partial charge in [0.05, 0.1) is 28.6 Å². The lowest BCUT2D eigenvalue weighted by atomic mass is 10.2. The number of aromatic carboxylic acids is 1. The van der Waals surface area contributed by atoms with Crippen LogP contribution in [0.1, 0.15) is 10.4 Å². The summed E-state index contributed by atoms with van der Waals surface area (Å²) in [4.78, 5) is 33.1. The lowest BCUT2D eigenvalue weighted by molar-refractivity contribution is -0.134. The number of carboxylic acid groups (broad SMARTS) is 1. The molecular weight excluding hydrogens is 324 g/mol. The summed E-state index contributed by atoms with van der Waals surface area (Å²) in [7, 11) is -4.17. The van der Waals surface area contributed by atoms with E-state index in [1.807, 2.05) is 5.32 Å². The van der Waals surface area contributed by atoms with E-state index >= 15 is 0 Å². The largest absolute Gasteiger partial charge is 0.478 e. The van der Waals surface area contributed by atoms with Gasteiger partial charge >= 0.3 is 5.97 Å². The molecular formula is C11H9ClN2O6S. The number of hydrogen-bond acceptors (Lipinski definition) is 5. The van der Waals surface area contributed by atoms with Gasteiger partial charge in [0.25, 0.3) is 0 Å². The number of halogens is 1. The number of nitrogens with one attached hydrogen (secondary N) is 1. The predicted octanol–water partition coefficient (Wildman–Crippen LogP) is -0.315. The maximum absolute atomic E-state index is 12.3. The first kappa shape index (κ1) is 15.4. The van der Waals surface area contributed by atoms with Crippen molar-refractivity contribution in [3.63, 3.8) is 0 Å². The summed E-state index contributed by atoms with van der Waals surface area (Å²) in [5, 5.41) is 10.8. The normalized spacial score (nSPS) is 16.6. The van der Waals surface area contributed by atoms with Gasteiger partial charge in [-0.25, -0.2) is 13.2 Å². The second-order valence-corrected chi connectivity index (χ2v) is 6.54. The van der Waals surface area contributed by atoms with E-state index in [-0.39, 0.29) is 15.5 Å². The van der Waals surface area contributed by atoms with Crippen molar-refractivity contribution in [3.05, 3.63) is 28.8 Å². The minimum Gasteiger partial charge on any atom is -0.478 e. The molecule has 1 saturated heterocycles. The SMILES string of the molecule is O=C1CN(S(=O)(=O)c2ccc(Cl)c(C(=O)O)c2)CC(=O)N1. The number of carbonyl (C=O) groups excluding carboxylic acids is 2. The smallest absolute Gasteiger partial charge is 0.337 e. The number of amides is 2. The van der Waals surface area contributed by atoms with Crippen molar-refractivity contribution >= 4 is 39.4 Å².